The summed E-state index contributed by atoms with van der Waals surface area (Å²) in [6, 6.07) is 5.55. The van der Waals surface area contributed by atoms with E-state index in [9.17, 15) is 0 Å². The van der Waals surface area contributed by atoms with Gasteiger partial charge in [-0.15, -0.1) is 0 Å². The number of benzene rings is 1. The molecule has 0 radical (unpaired) electrons. The minimum Gasteiger partial charge on any atom is -0.373 e. The molecule has 5 heteroatoms. The van der Waals surface area contributed by atoms with Crippen LogP contribution in [-0.4, -0.2) is 11.3 Å². The highest BCUT2D eigenvalue weighted by atomic mass is 35.5. The van der Waals surface area contributed by atoms with Crippen molar-refractivity contribution >= 4 is 23.2 Å². The molecule has 138 valence electrons. The van der Waals surface area contributed by atoms with E-state index < -0.39 is 0 Å². The Hall–Kier alpha value is -1.03. The standard InChI is InChI=1S/C21H23Cl2NO2/c22-16-5-2-6-17(23)18(16)19-15(21(26-24-19)14-9-10-14)11-25-20-12-3-1-4-13(20)8-7-12/h2,5-6,12-14,20H,1,3-4,7-11H2/t12-,13+,20?. The first kappa shape index (κ1) is 17.1. The lowest BCUT2D eigenvalue weighted by Crippen LogP contribution is -2.28. The monoisotopic (exact) mass is 391 g/mol. The van der Waals surface area contributed by atoms with Crippen molar-refractivity contribution in [3.63, 3.8) is 0 Å². The number of rotatable bonds is 5. The van der Waals surface area contributed by atoms with Gasteiger partial charge in [-0.2, -0.15) is 0 Å². The summed E-state index contributed by atoms with van der Waals surface area (Å²) in [6.07, 6.45) is 9.32. The van der Waals surface area contributed by atoms with Crippen LogP contribution in [0, 0.1) is 11.8 Å². The van der Waals surface area contributed by atoms with Gasteiger partial charge in [-0.05, 0) is 62.5 Å². The fraction of sp³-hybridized carbons (Fsp3) is 0.571. The highest BCUT2D eigenvalue weighted by molar-refractivity contribution is 6.39. The van der Waals surface area contributed by atoms with Crippen LogP contribution in [0.4, 0.5) is 0 Å². The van der Waals surface area contributed by atoms with E-state index in [0.29, 0.717) is 28.7 Å². The van der Waals surface area contributed by atoms with Crippen molar-refractivity contribution < 1.29 is 9.26 Å². The Balaban J connectivity index is 1.46. The summed E-state index contributed by atoms with van der Waals surface area (Å²) in [5.41, 5.74) is 2.56. The zero-order chi connectivity index (χ0) is 17.7. The fourth-order valence-corrected chi connectivity index (χ4v) is 5.48. The maximum Gasteiger partial charge on any atom is 0.145 e. The first-order valence-electron chi connectivity index (χ1n) is 9.77. The second kappa shape index (κ2) is 6.85. The molecule has 0 N–H and O–H groups in total. The van der Waals surface area contributed by atoms with E-state index in [-0.39, 0.29) is 0 Å². The topological polar surface area (TPSA) is 35.3 Å². The van der Waals surface area contributed by atoms with E-state index in [0.717, 1.165) is 47.3 Å². The van der Waals surface area contributed by atoms with Crippen LogP contribution in [0.15, 0.2) is 22.7 Å². The number of ether oxygens (including phenoxy) is 1. The van der Waals surface area contributed by atoms with Crippen LogP contribution >= 0.6 is 23.2 Å². The molecule has 3 aliphatic rings. The molecule has 0 spiro atoms. The van der Waals surface area contributed by atoms with Gasteiger partial charge >= 0.3 is 0 Å². The number of hydrogen-bond acceptors (Lipinski definition) is 3. The lowest BCUT2D eigenvalue weighted by molar-refractivity contribution is -0.0293. The summed E-state index contributed by atoms with van der Waals surface area (Å²) in [5.74, 6) is 2.90. The number of halogens is 2. The molecule has 3 atom stereocenters. The third-order valence-corrected chi connectivity index (χ3v) is 7.00. The molecular weight excluding hydrogens is 369 g/mol. The molecule has 2 aromatic rings. The molecule has 1 unspecified atom stereocenters. The molecule has 26 heavy (non-hydrogen) atoms. The van der Waals surface area contributed by atoms with Gasteiger partial charge < -0.3 is 9.26 Å². The van der Waals surface area contributed by atoms with E-state index in [1.54, 1.807) is 0 Å². The number of aromatic nitrogens is 1. The van der Waals surface area contributed by atoms with Crippen LogP contribution in [0.5, 0.6) is 0 Å². The summed E-state index contributed by atoms with van der Waals surface area (Å²) in [6.45, 7) is 0.546. The van der Waals surface area contributed by atoms with Crippen molar-refractivity contribution in [1.82, 2.24) is 5.16 Å². The summed E-state index contributed by atoms with van der Waals surface area (Å²) >= 11 is 12.9. The van der Waals surface area contributed by atoms with Gasteiger partial charge in [0.25, 0.3) is 0 Å². The van der Waals surface area contributed by atoms with Crippen molar-refractivity contribution in [3.05, 3.63) is 39.6 Å². The number of fused-ring (bicyclic) bond motifs is 2. The first-order valence-corrected chi connectivity index (χ1v) is 10.5. The minimum absolute atomic E-state index is 0.389. The normalized spacial score (nSPS) is 27.8. The summed E-state index contributed by atoms with van der Waals surface area (Å²) in [7, 11) is 0. The molecule has 0 saturated heterocycles. The number of nitrogens with zero attached hydrogens (tertiary/aromatic N) is 1. The van der Waals surface area contributed by atoms with E-state index in [4.69, 9.17) is 32.5 Å². The molecule has 1 aromatic carbocycles. The molecule has 2 bridgehead atoms. The van der Waals surface area contributed by atoms with E-state index >= 15 is 0 Å². The molecule has 3 fully saturated rings. The van der Waals surface area contributed by atoms with Crippen molar-refractivity contribution in [1.29, 1.82) is 0 Å². The molecule has 0 aliphatic heterocycles. The third kappa shape index (κ3) is 2.98. The van der Waals surface area contributed by atoms with Crippen LogP contribution in [0.3, 0.4) is 0 Å². The van der Waals surface area contributed by atoms with E-state index in [1.165, 1.54) is 32.1 Å². The lowest BCUT2D eigenvalue weighted by Gasteiger charge is -2.30. The zero-order valence-electron chi connectivity index (χ0n) is 14.7. The molecule has 0 amide bonds. The van der Waals surface area contributed by atoms with E-state index in [1.807, 2.05) is 18.2 Å². The quantitative estimate of drug-likeness (QED) is 0.574. The second-order valence-electron chi connectivity index (χ2n) is 8.05. The van der Waals surface area contributed by atoms with Crippen molar-refractivity contribution in [2.75, 3.05) is 0 Å². The fourth-order valence-electron chi connectivity index (χ4n) is 4.90. The highest BCUT2D eigenvalue weighted by Gasteiger charge is 2.40. The van der Waals surface area contributed by atoms with Crippen LogP contribution < -0.4 is 0 Å². The third-order valence-electron chi connectivity index (χ3n) is 6.37. The Morgan fingerprint density at radius 2 is 1.69 bits per heavy atom. The molecule has 3 saturated carbocycles. The Bertz CT molecular complexity index is 778. The smallest absolute Gasteiger partial charge is 0.145 e. The molecule has 1 heterocycles. The molecule has 1 aromatic heterocycles. The Labute approximate surface area is 164 Å². The average molecular weight is 392 g/mol. The SMILES string of the molecule is Clc1cccc(Cl)c1-c1noc(C2CC2)c1COC1[C@@H]2CCC[C@H]1CC2. The Morgan fingerprint density at radius 3 is 2.35 bits per heavy atom. The van der Waals surface area contributed by atoms with Gasteiger partial charge in [0.05, 0.1) is 22.8 Å². The van der Waals surface area contributed by atoms with Gasteiger partial charge in [-0.25, -0.2) is 0 Å². The predicted octanol–water partition coefficient (Wildman–Crippen LogP) is 6.62. The average Bonchev–Trinajstić information content (AvgIpc) is 3.35. The molecule has 3 aliphatic carbocycles. The first-order chi connectivity index (χ1) is 12.7. The van der Waals surface area contributed by atoms with Crippen LogP contribution in [-0.2, 0) is 11.3 Å². The lowest BCUT2D eigenvalue weighted by atomic mass is 9.86. The summed E-state index contributed by atoms with van der Waals surface area (Å²) in [5, 5.41) is 5.57. The maximum absolute atomic E-state index is 6.49. The Kier molecular flexibility index (Phi) is 4.50. The summed E-state index contributed by atoms with van der Waals surface area (Å²) < 4.78 is 12.2. The molecule has 5 rings (SSSR count). The molecular formula is C21H23Cl2NO2. The Morgan fingerprint density at radius 1 is 1.00 bits per heavy atom. The van der Waals surface area contributed by atoms with Crippen LogP contribution in [0.2, 0.25) is 10.0 Å². The van der Waals surface area contributed by atoms with Gasteiger partial charge in [0, 0.05) is 17.0 Å². The maximum atomic E-state index is 6.49. The van der Waals surface area contributed by atoms with Crippen molar-refractivity contribution in [2.45, 2.75) is 63.6 Å². The van der Waals surface area contributed by atoms with Gasteiger partial charge in [0.1, 0.15) is 11.5 Å². The zero-order valence-corrected chi connectivity index (χ0v) is 16.2. The van der Waals surface area contributed by atoms with Gasteiger partial charge in [-0.3, -0.25) is 0 Å². The van der Waals surface area contributed by atoms with Gasteiger partial charge in [-0.1, -0.05) is 40.8 Å². The second-order valence-corrected chi connectivity index (χ2v) is 8.86. The predicted molar refractivity (Wildman–Crippen MR) is 103 cm³/mol. The van der Waals surface area contributed by atoms with Gasteiger partial charge in [0.15, 0.2) is 0 Å². The molecule has 3 nitrogen and oxygen atoms in total. The minimum atomic E-state index is 0.389. The van der Waals surface area contributed by atoms with Crippen molar-refractivity contribution in [3.8, 4) is 11.3 Å². The van der Waals surface area contributed by atoms with Crippen LogP contribution in [0.1, 0.15) is 62.2 Å². The van der Waals surface area contributed by atoms with Gasteiger partial charge in [0.2, 0.25) is 0 Å². The van der Waals surface area contributed by atoms with E-state index in [2.05, 4.69) is 5.16 Å². The highest BCUT2D eigenvalue weighted by Crippen LogP contribution is 2.48. The van der Waals surface area contributed by atoms with Crippen molar-refractivity contribution in [2.24, 2.45) is 11.8 Å². The number of hydrogen-bond donors (Lipinski definition) is 0. The van der Waals surface area contributed by atoms with Crippen LogP contribution in [0.25, 0.3) is 11.3 Å². The summed E-state index contributed by atoms with van der Waals surface area (Å²) in [4.78, 5) is 0. The largest absolute Gasteiger partial charge is 0.373 e.